The van der Waals surface area contributed by atoms with Crippen molar-refractivity contribution < 1.29 is 0 Å². The van der Waals surface area contributed by atoms with Crippen molar-refractivity contribution in [1.29, 1.82) is 0 Å². The van der Waals surface area contributed by atoms with Crippen LogP contribution in [0.1, 0.15) is 22.3 Å². The SMILES string of the molecule is Cc1ccc(C)c(CC(CCl)(CCl)c2ccccc2)c1. The van der Waals surface area contributed by atoms with Gasteiger partial charge >= 0.3 is 0 Å². The lowest BCUT2D eigenvalue weighted by atomic mass is 9.77. The lowest BCUT2D eigenvalue weighted by molar-refractivity contribution is 0.535. The highest BCUT2D eigenvalue weighted by Gasteiger charge is 2.31. The van der Waals surface area contributed by atoms with E-state index in [0.717, 1.165) is 6.42 Å². The van der Waals surface area contributed by atoms with Gasteiger partial charge in [0, 0.05) is 17.2 Å². The minimum absolute atomic E-state index is 0.205. The molecule has 0 aliphatic carbocycles. The average molecular weight is 307 g/mol. The molecule has 0 atom stereocenters. The van der Waals surface area contributed by atoms with Crippen LogP contribution in [0.5, 0.6) is 0 Å². The first kappa shape index (κ1) is 15.4. The van der Waals surface area contributed by atoms with Crippen molar-refractivity contribution in [3.05, 3.63) is 70.8 Å². The van der Waals surface area contributed by atoms with Crippen LogP contribution >= 0.6 is 23.2 Å². The van der Waals surface area contributed by atoms with Gasteiger partial charge in [-0.2, -0.15) is 0 Å². The smallest absolute Gasteiger partial charge is 0.0335 e. The molecule has 0 bridgehead atoms. The fourth-order valence-electron chi connectivity index (χ4n) is 2.53. The summed E-state index contributed by atoms with van der Waals surface area (Å²) in [5, 5.41) is 0. The summed E-state index contributed by atoms with van der Waals surface area (Å²) < 4.78 is 0. The fraction of sp³-hybridized carbons (Fsp3) is 0.333. The van der Waals surface area contributed by atoms with E-state index in [1.54, 1.807) is 0 Å². The van der Waals surface area contributed by atoms with E-state index in [1.807, 2.05) is 18.2 Å². The molecule has 2 rings (SSSR count). The largest absolute Gasteiger partial charge is 0.126 e. The van der Waals surface area contributed by atoms with Gasteiger partial charge in [0.1, 0.15) is 0 Å². The molecule has 0 spiro atoms. The van der Waals surface area contributed by atoms with Crippen LogP contribution < -0.4 is 0 Å². The van der Waals surface area contributed by atoms with Gasteiger partial charge in [-0.3, -0.25) is 0 Å². The summed E-state index contributed by atoms with van der Waals surface area (Å²) in [6, 6.07) is 16.9. The molecule has 0 unspecified atom stereocenters. The maximum atomic E-state index is 6.32. The van der Waals surface area contributed by atoms with Crippen molar-refractivity contribution in [2.24, 2.45) is 0 Å². The summed E-state index contributed by atoms with van der Waals surface area (Å²) in [5.41, 5.74) is 4.91. The van der Waals surface area contributed by atoms with Crippen LogP contribution in [-0.2, 0) is 11.8 Å². The number of rotatable bonds is 5. The van der Waals surface area contributed by atoms with Gasteiger partial charge in [-0.1, -0.05) is 54.1 Å². The predicted octanol–water partition coefficient (Wildman–Crippen LogP) is 5.26. The van der Waals surface area contributed by atoms with Gasteiger partial charge in [-0.15, -0.1) is 23.2 Å². The molecular formula is C18H20Cl2. The molecule has 0 aromatic heterocycles. The molecule has 0 saturated carbocycles. The molecular weight excluding hydrogens is 287 g/mol. The highest BCUT2D eigenvalue weighted by Crippen LogP contribution is 2.32. The molecule has 0 aliphatic rings. The average Bonchev–Trinajstić information content (AvgIpc) is 2.49. The Morgan fingerprint density at radius 2 is 1.55 bits per heavy atom. The van der Waals surface area contributed by atoms with E-state index < -0.39 is 0 Å². The van der Waals surface area contributed by atoms with Gasteiger partial charge < -0.3 is 0 Å². The minimum atomic E-state index is -0.205. The second kappa shape index (κ2) is 6.65. The molecule has 0 nitrogen and oxygen atoms in total. The fourth-order valence-corrected chi connectivity index (χ4v) is 3.32. The van der Waals surface area contributed by atoms with Crippen LogP contribution in [0, 0.1) is 13.8 Å². The maximum Gasteiger partial charge on any atom is 0.0335 e. The zero-order chi connectivity index (χ0) is 14.6. The van der Waals surface area contributed by atoms with Gasteiger partial charge in [0.15, 0.2) is 0 Å². The zero-order valence-corrected chi connectivity index (χ0v) is 13.5. The number of alkyl halides is 2. The minimum Gasteiger partial charge on any atom is -0.126 e. The van der Waals surface area contributed by atoms with E-state index in [4.69, 9.17) is 23.2 Å². The summed E-state index contributed by atoms with van der Waals surface area (Å²) >= 11 is 12.6. The quantitative estimate of drug-likeness (QED) is 0.661. The Hall–Kier alpha value is -0.980. The van der Waals surface area contributed by atoms with Gasteiger partial charge in [-0.05, 0) is 37.0 Å². The highest BCUT2D eigenvalue weighted by atomic mass is 35.5. The van der Waals surface area contributed by atoms with E-state index >= 15 is 0 Å². The Morgan fingerprint density at radius 3 is 2.15 bits per heavy atom. The first-order valence-corrected chi connectivity index (χ1v) is 7.92. The summed E-state index contributed by atoms with van der Waals surface area (Å²) in [7, 11) is 0. The van der Waals surface area contributed by atoms with Crippen molar-refractivity contribution >= 4 is 23.2 Å². The van der Waals surface area contributed by atoms with Gasteiger partial charge in [0.25, 0.3) is 0 Å². The molecule has 106 valence electrons. The number of hydrogen-bond donors (Lipinski definition) is 0. The molecule has 0 amide bonds. The first-order valence-electron chi connectivity index (χ1n) is 6.85. The van der Waals surface area contributed by atoms with Crippen molar-refractivity contribution in [2.45, 2.75) is 25.7 Å². The third kappa shape index (κ3) is 3.19. The number of benzene rings is 2. The summed E-state index contributed by atoms with van der Waals surface area (Å²) in [4.78, 5) is 0. The van der Waals surface area contributed by atoms with Crippen molar-refractivity contribution in [3.63, 3.8) is 0 Å². The van der Waals surface area contributed by atoms with Crippen molar-refractivity contribution in [2.75, 3.05) is 11.8 Å². The Kier molecular flexibility index (Phi) is 5.12. The van der Waals surface area contributed by atoms with Crippen molar-refractivity contribution in [1.82, 2.24) is 0 Å². The molecule has 2 aromatic rings. The number of hydrogen-bond acceptors (Lipinski definition) is 0. The predicted molar refractivity (Wildman–Crippen MR) is 89.2 cm³/mol. The van der Waals surface area contributed by atoms with Crippen LogP contribution in [-0.4, -0.2) is 11.8 Å². The van der Waals surface area contributed by atoms with Crippen LogP contribution in [0.25, 0.3) is 0 Å². The Labute approximate surface area is 131 Å². The summed E-state index contributed by atoms with van der Waals surface area (Å²) in [5.74, 6) is 1.04. The molecule has 0 fully saturated rings. The summed E-state index contributed by atoms with van der Waals surface area (Å²) in [6.07, 6.45) is 0.873. The molecule has 0 heterocycles. The van der Waals surface area contributed by atoms with E-state index in [1.165, 1.54) is 22.3 Å². The molecule has 0 N–H and O–H groups in total. The normalized spacial score (nSPS) is 11.6. The van der Waals surface area contributed by atoms with Crippen LogP contribution in [0.3, 0.4) is 0 Å². The monoisotopic (exact) mass is 306 g/mol. The second-order valence-electron chi connectivity index (χ2n) is 5.52. The molecule has 0 aliphatic heterocycles. The highest BCUT2D eigenvalue weighted by molar-refractivity contribution is 6.22. The third-order valence-electron chi connectivity index (χ3n) is 3.93. The zero-order valence-electron chi connectivity index (χ0n) is 12.0. The molecule has 0 radical (unpaired) electrons. The number of halogens is 2. The molecule has 2 heteroatoms. The first-order chi connectivity index (χ1) is 9.61. The Balaban J connectivity index is 2.42. The second-order valence-corrected chi connectivity index (χ2v) is 6.05. The van der Waals surface area contributed by atoms with Gasteiger partial charge in [-0.25, -0.2) is 0 Å². The topological polar surface area (TPSA) is 0 Å². The van der Waals surface area contributed by atoms with E-state index in [9.17, 15) is 0 Å². The van der Waals surface area contributed by atoms with E-state index in [0.29, 0.717) is 11.8 Å². The standard InChI is InChI=1S/C18H20Cl2/c1-14-8-9-15(2)16(10-14)11-18(12-19,13-20)17-6-4-3-5-7-17/h3-10H,11-13H2,1-2H3. The van der Waals surface area contributed by atoms with Crippen LogP contribution in [0.2, 0.25) is 0 Å². The van der Waals surface area contributed by atoms with Crippen LogP contribution in [0.15, 0.2) is 48.5 Å². The van der Waals surface area contributed by atoms with E-state index in [2.05, 4.69) is 44.2 Å². The lowest BCUT2D eigenvalue weighted by Gasteiger charge is -2.31. The molecule has 20 heavy (non-hydrogen) atoms. The molecule has 2 aromatic carbocycles. The molecule has 0 saturated heterocycles. The maximum absolute atomic E-state index is 6.32. The van der Waals surface area contributed by atoms with Crippen LogP contribution in [0.4, 0.5) is 0 Å². The van der Waals surface area contributed by atoms with Crippen molar-refractivity contribution in [3.8, 4) is 0 Å². The Bertz CT molecular complexity index is 557. The van der Waals surface area contributed by atoms with Gasteiger partial charge in [0.05, 0.1) is 0 Å². The number of aryl methyl sites for hydroxylation is 2. The lowest BCUT2D eigenvalue weighted by Crippen LogP contribution is -2.33. The Morgan fingerprint density at radius 1 is 0.900 bits per heavy atom. The third-order valence-corrected chi connectivity index (χ3v) is 4.95. The van der Waals surface area contributed by atoms with E-state index in [-0.39, 0.29) is 5.41 Å². The summed E-state index contributed by atoms with van der Waals surface area (Å²) in [6.45, 7) is 4.27. The van der Waals surface area contributed by atoms with Gasteiger partial charge in [0.2, 0.25) is 0 Å².